The Hall–Kier alpha value is -3.13. The van der Waals surface area contributed by atoms with Gasteiger partial charge < -0.3 is 18.8 Å². The minimum atomic E-state index is -0.241. The number of ketones is 1. The third-order valence-corrected chi connectivity index (χ3v) is 6.44. The molecule has 1 aliphatic heterocycles. The fourth-order valence-electron chi connectivity index (χ4n) is 4.45. The molecule has 170 valence electrons. The maximum atomic E-state index is 13.3. The molecule has 32 heavy (non-hydrogen) atoms. The van der Waals surface area contributed by atoms with E-state index >= 15 is 0 Å². The van der Waals surface area contributed by atoms with Gasteiger partial charge in [-0.1, -0.05) is 5.16 Å². The normalized spacial score (nSPS) is 16.2. The predicted molar refractivity (Wildman–Crippen MR) is 120 cm³/mol. The van der Waals surface area contributed by atoms with Gasteiger partial charge in [0.15, 0.2) is 11.6 Å². The standard InChI is InChI=1S/C24H30N4O4/c1-15-12-21(17(3)28(15)14-20-6-5-11-31-20)23(29)18(4)27-9-7-19(8-10-27)24(30)25-22-13-16(2)32-26-22/h5-6,11-13,18-19H,7-10,14H2,1-4H3,(H,25,26,30). The first-order valence-corrected chi connectivity index (χ1v) is 11.0. The number of furan rings is 1. The number of carbonyl (C=O) groups excluding carboxylic acids is 2. The molecular formula is C24H30N4O4. The van der Waals surface area contributed by atoms with Crippen LogP contribution in [0.1, 0.15) is 53.0 Å². The SMILES string of the molecule is Cc1cc(NC(=O)C2CCN(C(C)C(=O)c3cc(C)n(Cc4ccco4)c3C)CC2)no1. The van der Waals surface area contributed by atoms with Crippen LogP contribution in [-0.4, -0.2) is 45.4 Å². The number of hydrogen-bond donors (Lipinski definition) is 1. The number of likely N-dealkylation sites (tertiary alicyclic amines) is 1. The van der Waals surface area contributed by atoms with Crippen LogP contribution in [0.5, 0.6) is 0 Å². The Morgan fingerprint density at radius 3 is 2.59 bits per heavy atom. The molecule has 4 rings (SSSR count). The third-order valence-electron chi connectivity index (χ3n) is 6.44. The number of carbonyl (C=O) groups is 2. The lowest BCUT2D eigenvalue weighted by molar-refractivity contribution is -0.121. The van der Waals surface area contributed by atoms with Gasteiger partial charge in [-0.25, -0.2) is 0 Å². The molecule has 0 aliphatic carbocycles. The van der Waals surface area contributed by atoms with Crippen LogP contribution in [0, 0.1) is 26.7 Å². The first-order chi connectivity index (χ1) is 15.3. The van der Waals surface area contributed by atoms with E-state index < -0.39 is 0 Å². The van der Waals surface area contributed by atoms with E-state index in [0.717, 1.165) is 22.7 Å². The summed E-state index contributed by atoms with van der Waals surface area (Å²) in [5.41, 5.74) is 2.74. The van der Waals surface area contributed by atoms with Crippen molar-refractivity contribution in [3.63, 3.8) is 0 Å². The van der Waals surface area contributed by atoms with E-state index in [1.165, 1.54) is 0 Å². The molecule has 1 fully saturated rings. The molecule has 1 atom stereocenters. The van der Waals surface area contributed by atoms with Crippen LogP contribution in [0.3, 0.4) is 0 Å². The minimum Gasteiger partial charge on any atom is -0.467 e. The highest BCUT2D eigenvalue weighted by atomic mass is 16.5. The summed E-state index contributed by atoms with van der Waals surface area (Å²) in [4.78, 5) is 28.0. The fourth-order valence-corrected chi connectivity index (χ4v) is 4.45. The van der Waals surface area contributed by atoms with Crippen molar-refractivity contribution >= 4 is 17.5 Å². The monoisotopic (exact) mass is 438 g/mol. The summed E-state index contributed by atoms with van der Waals surface area (Å²) in [5, 5.41) is 6.64. The second-order valence-electron chi connectivity index (χ2n) is 8.61. The third kappa shape index (κ3) is 4.55. The summed E-state index contributed by atoms with van der Waals surface area (Å²) < 4.78 is 12.6. The number of hydrogen-bond acceptors (Lipinski definition) is 6. The van der Waals surface area contributed by atoms with E-state index in [9.17, 15) is 9.59 Å². The molecule has 1 amide bonds. The molecule has 3 aromatic heterocycles. The number of anilines is 1. The van der Waals surface area contributed by atoms with Gasteiger partial charge in [0.1, 0.15) is 11.5 Å². The molecule has 8 heteroatoms. The van der Waals surface area contributed by atoms with Gasteiger partial charge in [0.2, 0.25) is 5.91 Å². The largest absolute Gasteiger partial charge is 0.467 e. The zero-order chi connectivity index (χ0) is 22.8. The summed E-state index contributed by atoms with van der Waals surface area (Å²) >= 11 is 0. The van der Waals surface area contributed by atoms with Crippen molar-refractivity contribution < 1.29 is 18.5 Å². The molecular weight excluding hydrogens is 408 g/mol. The topological polar surface area (TPSA) is 93.5 Å². The van der Waals surface area contributed by atoms with Crippen LogP contribution in [0.4, 0.5) is 5.82 Å². The van der Waals surface area contributed by atoms with Crippen molar-refractivity contribution in [2.45, 2.75) is 53.1 Å². The van der Waals surface area contributed by atoms with E-state index in [0.29, 0.717) is 44.1 Å². The zero-order valence-corrected chi connectivity index (χ0v) is 19.1. The van der Waals surface area contributed by atoms with Gasteiger partial charge in [-0.2, -0.15) is 0 Å². The molecule has 0 spiro atoms. The maximum absolute atomic E-state index is 13.3. The lowest BCUT2D eigenvalue weighted by Crippen LogP contribution is -2.45. The van der Waals surface area contributed by atoms with Crippen LogP contribution in [-0.2, 0) is 11.3 Å². The Morgan fingerprint density at radius 2 is 1.97 bits per heavy atom. The minimum absolute atomic E-state index is 0.0431. The average Bonchev–Trinajstić information content (AvgIpc) is 3.51. The first-order valence-electron chi connectivity index (χ1n) is 11.0. The second-order valence-corrected chi connectivity index (χ2v) is 8.61. The lowest BCUT2D eigenvalue weighted by Gasteiger charge is -2.34. The van der Waals surface area contributed by atoms with Crippen LogP contribution in [0.25, 0.3) is 0 Å². The average molecular weight is 439 g/mol. The summed E-state index contributed by atoms with van der Waals surface area (Å²) in [7, 11) is 0. The summed E-state index contributed by atoms with van der Waals surface area (Å²) in [6, 6.07) is 7.24. The van der Waals surface area contributed by atoms with Crippen LogP contribution >= 0.6 is 0 Å². The molecule has 3 aromatic rings. The number of aromatic nitrogens is 2. The molecule has 1 saturated heterocycles. The van der Waals surface area contributed by atoms with Gasteiger partial charge >= 0.3 is 0 Å². The van der Waals surface area contributed by atoms with E-state index in [4.69, 9.17) is 8.94 Å². The highest BCUT2D eigenvalue weighted by Crippen LogP contribution is 2.24. The van der Waals surface area contributed by atoms with Crippen molar-refractivity contribution in [1.82, 2.24) is 14.6 Å². The van der Waals surface area contributed by atoms with E-state index in [2.05, 4.69) is 19.9 Å². The van der Waals surface area contributed by atoms with Crippen LogP contribution in [0.2, 0.25) is 0 Å². The van der Waals surface area contributed by atoms with Gasteiger partial charge in [-0.05, 0) is 71.8 Å². The number of piperidine rings is 1. The Bertz CT molecular complexity index is 1090. The lowest BCUT2D eigenvalue weighted by atomic mass is 9.93. The van der Waals surface area contributed by atoms with E-state index in [1.807, 2.05) is 39.0 Å². The summed E-state index contributed by atoms with van der Waals surface area (Å²) in [5.74, 6) is 1.95. The fraction of sp³-hybridized carbons (Fsp3) is 0.458. The molecule has 0 radical (unpaired) electrons. The number of amides is 1. The first kappa shape index (κ1) is 22.1. The molecule has 1 N–H and O–H groups in total. The molecule has 0 aromatic carbocycles. The second kappa shape index (κ2) is 9.16. The quantitative estimate of drug-likeness (QED) is 0.561. The van der Waals surface area contributed by atoms with Crippen LogP contribution in [0.15, 0.2) is 39.5 Å². The van der Waals surface area contributed by atoms with Gasteiger partial charge in [0.25, 0.3) is 0 Å². The van der Waals surface area contributed by atoms with Crippen molar-refractivity contribution in [1.29, 1.82) is 0 Å². The van der Waals surface area contributed by atoms with Crippen molar-refractivity contribution in [3.8, 4) is 0 Å². The molecule has 4 heterocycles. The van der Waals surface area contributed by atoms with Gasteiger partial charge in [-0.3, -0.25) is 14.5 Å². The molecule has 8 nitrogen and oxygen atoms in total. The Balaban J connectivity index is 1.36. The number of nitrogens with zero attached hydrogens (tertiary/aromatic N) is 3. The molecule has 0 bridgehead atoms. The Labute approximate surface area is 187 Å². The van der Waals surface area contributed by atoms with Gasteiger partial charge in [0.05, 0.1) is 18.8 Å². The highest BCUT2D eigenvalue weighted by Gasteiger charge is 2.31. The van der Waals surface area contributed by atoms with Crippen molar-refractivity contribution in [2.75, 3.05) is 18.4 Å². The molecule has 1 aliphatic rings. The van der Waals surface area contributed by atoms with Gasteiger partial charge in [0, 0.05) is 28.9 Å². The Kier molecular flexibility index (Phi) is 6.32. The Morgan fingerprint density at radius 1 is 1.22 bits per heavy atom. The van der Waals surface area contributed by atoms with Crippen LogP contribution < -0.4 is 5.32 Å². The van der Waals surface area contributed by atoms with E-state index in [1.54, 1.807) is 19.3 Å². The molecule has 1 unspecified atom stereocenters. The number of rotatable bonds is 7. The maximum Gasteiger partial charge on any atom is 0.228 e. The number of nitrogens with one attached hydrogen (secondary N) is 1. The van der Waals surface area contributed by atoms with Crippen molar-refractivity contribution in [2.24, 2.45) is 5.92 Å². The predicted octanol–water partition coefficient (Wildman–Crippen LogP) is 3.96. The summed E-state index contributed by atoms with van der Waals surface area (Å²) in [6.45, 7) is 9.75. The van der Waals surface area contributed by atoms with E-state index in [-0.39, 0.29) is 23.7 Å². The summed E-state index contributed by atoms with van der Waals surface area (Å²) in [6.07, 6.45) is 3.07. The zero-order valence-electron chi connectivity index (χ0n) is 19.1. The number of Topliss-reactive ketones (excluding diaryl/α,β-unsaturated/α-hetero) is 1. The highest BCUT2D eigenvalue weighted by molar-refractivity contribution is 6.01. The smallest absolute Gasteiger partial charge is 0.228 e. The van der Waals surface area contributed by atoms with Gasteiger partial charge in [-0.15, -0.1) is 0 Å². The molecule has 0 saturated carbocycles. The number of aryl methyl sites for hydroxylation is 2. The van der Waals surface area contributed by atoms with Crippen molar-refractivity contribution in [3.05, 3.63) is 59.0 Å².